The van der Waals surface area contributed by atoms with E-state index in [1.165, 1.54) is 12.4 Å². The van der Waals surface area contributed by atoms with E-state index in [1.54, 1.807) is 6.07 Å². The molecule has 1 aromatic rings. The third kappa shape index (κ3) is 3.83. The lowest BCUT2D eigenvalue weighted by atomic mass is 10.1. The molecule has 0 radical (unpaired) electrons. The van der Waals surface area contributed by atoms with Gasteiger partial charge >= 0.3 is 0 Å². The Balaban J connectivity index is 2.55. The summed E-state index contributed by atoms with van der Waals surface area (Å²) in [5.41, 5.74) is 0.526. The highest BCUT2D eigenvalue weighted by molar-refractivity contribution is 6.17. The van der Waals surface area contributed by atoms with Crippen LogP contribution < -0.4 is 5.32 Å². The Kier molecular flexibility index (Phi) is 5.04. The predicted octanol–water partition coefficient (Wildman–Crippen LogP) is 1.61. The Morgan fingerprint density at radius 3 is 2.93 bits per heavy atom. The molecule has 0 aliphatic carbocycles. The average molecular weight is 228 g/mol. The van der Waals surface area contributed by atoms with Gasteiger partial charge in [-0.15, -0.1) is 11.6 Å². The zero-order valence-corrected chi connectivity index (χ0v) is 9.37. The van der Waals surface area contributed by atoms with Crippen molar-refractivity contribution in [2.45, 2.75) is 25.8 Å². The lowest BCUT2D eigenvalue weighted by molar-refractivity contribution is 0.0934. The number of nitrogens with zero attached hydrogens (tertiary/aromatic N) is 2. The molecule has 0 fully saturated rings. The number of carbonyl (C=O) groups is 1. The number of rotatable bonds is 5. The van der Waals surface area contributed by atoms with E-state index in [2.05, 4.69) is 15.5 Å². The maximum atomic E-state index is 11.7. The summed E-state index contributed by atoms with van der Waals surface area (Å²) in [6, 6.07) is 1.76. The lowest BCUT2D eigenvalue weighted by Gasteiger charge is -2.15. The molecule has 82 valence electrons. The van der Waals surface area contributed by atoms with Crippen LogP contribution in [0, 0.1) is 0 Å². The molecule has 4 nitrogen and oxygen atoms in total. The Labute approximate surface area is 94.0 Å². The molecule has 15 heavy (non-hydrogen) atoms. The largest absolute Gasteiger partial charge is 0.349 e. The van der Waals surface area contributed by atoms with Gasteiger partial charge < -0.3 is 5.32 Å². The van der Waals surface area contributed by atoms with Crippen molar-refractivity contribution in [3.05, 3.63) is 24.0 Å². The normalized spacial score (nSPS) is 12.1. The van der Waals surface area contributed by atoms with E-state index in [4.69, 9.17) is 11.6 Å². The van der Waals surface area contributed by atoms with Crippen LogP contribution in [0.5, 0.6) is 0 Å². The van der Waals surface area contributed by atoms with Crippen molar-refractivity contribution in [1.29, 1.82) is 0 Å². The van der Waals surface area contributed by atoms with Crippen LogP contribution in [0.3, 0.4) is 0 Å². The molecule has 0 spiro atoms. The fourth-order valence-corrected chi connectivity index (χ4v) is 1.47. The number of alkyl halides is 1. The molecule has 1 unspecified atom stereocenters. The summed E-state index contributed by atoms with van der Waals surface area (Å²) >= 11 is 5.63. The van der Waals surface area contributed by atoms with Gasteiger partial charge in [-0.05, 0) is 18.9 Å². The fraction of sp³-hybridized carbons (Fsp3) is 0.500. The SMILES string of the molecule is CCC(CCCl)NC(=O)c1ccnnc1. The van der Waals surface area contributed by atoms with Crippen LogP contribution in [0.25, 0.3) is 0 Å². The number of carbonyl (C=O) groups excluding carboxylic acids is 1. The molecule has 5 heteroatoms. The fourth-order valence-electron chi connectivity index (χ4n) is 1.20. The number of amides is 1. The van der Waals surface area contributed by atoms with Crippen LogP contribution in [0.1, 0.15) is 30.1 Å². The summed E-state index contributed by atoms with van der Waals surface area (Å²) in [5.74, 6) is 0.426. The van der Waals surface area contributed by atoms with Crippen molar-refractivity contribution in [3.63, 3.8) is 0 Å². The third-order valence-corrected chi connectivity index (χ3v) is 2.35. The van der Waals surface area contributed by atoms with Crippen LogP contribution in [0.4, 0.5) is 0 Å². The van der Waals surface area contributed by atoms with E-state index >= 15 is 0 Å². The Bertz CT molecular complexity index is 305. The standard InChI is InChI=1S/C10H14ClN3O/c1-2-9(3-5-11)14-10(15)8-4-6-12-13-7-8/h4,6-7,9H,2-3,5H2,1H3,(H,14,15). The second-order valence-corrected chi connectivity index (χ2v) is 3.57. The van der Waals surface area contributed by atoms with Crippen molar-refractivity contribution < 1.29 is 4.79 Å². The maximum Gasteiger partial charge on any atom is 0.253 e. The minimum atomic E-state index is -0.123. The van der Waals surface area contributed by atoms with E-state index in [-0.39, 0.29) is 11.9 Å². The van der Waals surface area contributed by atoms with E-state index in [0.717, 1.165) is 12.8 Å². The van der Waals surface area contributed by atoms with E-state index in [1.807, 2.05) is 6.92 Å². The molecule has 1 amide bonds. The van der Waals surface area contributed by atoms with Crippen LogP contribution in [-0.2, 0) is 0 Å². The first-order valence-electron chi connectivity index (χ1n) is 4.91. The third-order valence-electron chi connectivity index (χ3n) is 2.13. The second-order valence-electron chi connectivity index (χ2n) is 3.19. The van der Waals surface area contributed by atoms with Crippen molar-refractivity contribution in [3.8, 4) is 0 Å². The first kappa shape index (κ1) is 11.9. The molecule has 1 rings (SSSR count). The molecular weight excluding hydrogens is 214 g/mol. The van der Waals surface area contributed by atoms with Crippen LogP contribution in [-0.4, -0.2) is 28.0 Å². The molecule has 0 saturated heterocycles. The van der Waals surface area contributed by atoms with Gasteiger partial charge in [0.25, 0.3) is 5.91 Å². The topological polar surface area (TPSA) is 54.9 Å². The summed E-state index contributed by atoms with van der Waals surface area (Å²) in [4.78, 5) is 11.7. The highest BCUT2D eigenvalue weighted by Crippen LogP contribution is 2.02. The van der Waals surface area contributed by atoms with Gasteiger partial charge in [-0.2, -0.15) is 10.2 Å². The summed E-state index contributed by atoms with van der Waals surface area (Å²) in [6.07, 6.45) is 4.60. The Morgan fingerprint density at radius 2 is 2.40 bits per heavy atom. The molecule has 0 saturated carbocycles. The summed E-state index contributed by atoms with van der Waals surface area (Å²) in [5, 5.41) is 10.2. The lowest BCUT2D eigenvalue weighted by Crippen LogP contribution is -2.34. The van der Waals surface area contributed by atoms with Gasteiger partial charge in [-0.25, -0.2) is 0 Å². The van der Waals surface area contributed by atoms with Crippen molar-refractivity contribution in [1.82, 2.24) is 15.5 Å². The summed E-state index contributed by atoms with van der Waals surface area (Å²) in [7, 11) is 0. The van der Waals surface area contributed by atoms with Crippen molar-refractivity contribution in [2.24, 2.45) is 0 Å². The smallest absolute Gasteiger partial charge is 0.253 e. The molecule has 0 aromatic carbocycles. The monoisotopic (exact) mass is 227 g/mol. The zero-order valence-electron chi connectivity index (χ0n) is 8.61. The van der Waals surface area contributed by atoms with Gasteiger partial charge in [0.1, 0.15) is 0 Å². The highest BCUT2D eigenvalue weighted by Gasteiger charge is 2.11. The number of halogens is 1. The molecule has 1 atom stereocenters. The second kappa shape index (κ2) is 6.35. The molecule has 1 aromatic heterocycles. The molecule has 0 bridgehead atoms. The van der Waals surface area contributed by atoms with Crippen LogP contribution in [0.2, 0.25) is 0 Å². The van der Waals surface area contributed by atoms with Gasteiger partial charge in [0.2, 0.25) is 0 Å². The highest BCUT2D eigenvalue weighted by atomic mass is 35.5. The maximum absolute atomic E-state index is 11.7. The first-order chi connectivity index (χ1) is 7.27. The quantitative estimate of drug-likeness (QED) is 0.778. The van der Waals surface area contributed by atoms with Gasteiger partial charge in [0.05, 0.1) is 18.0 Å². The Morgan fingerprint density at radius 1 is 1.60 bits per heavy atom. The van der Waals surface area contributed by atoms with Crippen molar-refractivity contribution >= 4 is 17.5 Å². The van der Waals surface area contributed by atoms with E-state index in [9.17, 15) is 4.79 Å². The van der Waals surface area contributed by atoms with Gasteiger partial charge in [0, 0.05) is 11.9 Å². The van der Waals surface area contributed by atoms with Crippen molar-refractivity contribution in [2.75, 3.05) is 5.88 Å². The minimum absolute atomic E-state index is 0.123. The van der Waals surface area contributed by atoms with Crippen LogP contribution in [0.15, 0.2) is 18.5 Å². The molecular formula is C10H14ClN3O. The molecule has 1 N–H and O–H groups in total. The van der Waals surface area contributed by atoms with Gasteiger partial charge in [-0.3, -0.25) is 4.79 Å². The number of nitrogens with one attached hydrogen (secondary N) is 1. The summed E-state index contributed by atoms with van der Waals surface area (Å²) < 4.78 is 0. The first-order valence-corrected chi connectivity index (χ1v) is 5.45. The van der Waals surface area contributed by atoms with Crippen LogP contribution >= 0.6 is 11.6 Å². The number of hydrogen-bond donors (Lipinski definition) is 1. The Hall–Kier alpha value is -1.16. The van der Waals surface area contributed by atoms with E-state index < -0.39 is 0 Å². The molecule has 1 heterocycles. The minimum Gasteiger partial charge on any atom is -0.349 e. The molecule has 0 aliphatic rings. The number of hydrogen-bond acceptors (Lipinski definition) is 3. The predicted molar refractivity (Wildman–Crippen MR) is 58.9 cm³/mol. The number of aromatic nitrogens is 2. The molecule has 0 aliphatic heterocycles. The van der Waals surface area contributed by atoms with Gasteiger partial charge in [0.15, 0.2) is 0 Å². The van der Waals surface area contributed by atoms with Gasteiger partial charge in [-0.1, -0.05) is 6.92 Å². The summed E-state index contributed by atoms with van der Waals surface area (Å²) in [6.45, 7) is 2.02. The van der Waals surface area contributed by atoms with E-state index in [0.29, 0.717) is 11.4 Å². The zero-order chi connectivity index (χ0) is 11.1. The average Bonchev–Trinajstić information content (AvgIpc) is 2.29.